The highest BCUT2D eigenvalue weighted by atomic mass is 16.5. The zero-order valence-corrected chi connectivity index (χ0v) is 33.6. The van der Waals surface area contributed by atoms with Gasteiger partial charge in [0.25, 0.3) is 0 Å². The molecule has 282 valence electrons. The van der Waals surface area contributed by atoms with Crippen LogP contribution >= 0.6 is 0 Å². The molecule has 0 fully saturated rings. The number of rotatable bonds is 18. The van der Waals surface area contributed by atoms with E-state index in [-0.39, 0.29) is 0 Å². The largest absolute Gasteiger partial charge is 0.458 e. The Morgan fingerprint density at radius 2 is 0.642 bits per heavy atom. The summed E-state index contributed by atoms with van der Waals surface area (Å²) >= 11 is 0. The van der Waals surface area contributed by atoms with Gasteiger partial charge in [0.1, 0.15) is 11.5 Å². The number of anilines is 4. The summed E-state index contributed by atoms with van der Waals surface area (Å²) in [7, 11) is 16.5. The van der Waals surface area contributed by atoms with Crippen LogP contribution in [-0.2, 0) is 20.7 Å². The van der Waals surface area contributed by atoms with Crippen LogP contribution in [0.4, 0.5) is 22.7 Å². The van der Waals surface area contributed by atoms with Gasteiger partial charge < -0.3 is 33.5 Å². The molecule has 1 aromatic heterocycles. The van der Waals surface area contributed by atoms with E-state index >= 15 is 0 Å². The van der Waals surface area contributed by atoms with Crippen LogP contribution in [0.5, 0.6) is 0 Å². The first-order chi connectivity index (χ1) is 25.5. The van der Waals surface area contributed by atoms with Crippen LogP contribution in [0.1, 0.15) is 73.3 Å². The van der Waals surface area contributed by atoms with Crippen molar-refractivity contribution in [1.29, 1.82) is 0 Å². The van der Waals surface area contributed by atoms with E-state index in [9.17, 15) is 0 Å². The minimum absolute atomic E-state index is 0.563. The highest BCUT2D eigenvalue weighted by Gasteiger charge is 2.45. The van der Waals surface area contributed by atoms with E-state index in [1.54, 1.807) is 0 Å². The molecule has 5 rings (SSSR count). The van der Waals surface area contributed by atoms with Crippen LogP contribution in [0.25, 0.3) is 0 Å². The lowest BCUT2D eigenvalue weighted by Gasteiger charge is -2.36. The first-order valence-corrected chi connectivity index (χ1v) is 19.0. The van der Waals surface area contributed by atoms with Crippen molar-refractivity contribution < 1.29 is 13.9 Å². The number of hydrogen-bond acceptors (Lipinski definition) is 7. The van der Waals surface area contributed by atoms with E-state index < -0.39 is 11.2 Å². The van der Waals surface area contributed by atoms with Crippen molar-refractivity contribution in [2.45, 2.75) is 50.7 Å². The predicted molar refractivity (Wildman–Crippen MR) is 223 cm³/mol. The third-order valence-electron chi connectivity index (χ3n) is 10.1. The molecule has 53 heavy (non-hydrogen) atoms. The minimum Gasteiger partial charge on any atom is -0.458 e. The summed E-state index contributed by atoms with van der Waals surface area (Å²) in [4.78, 5) is 8.47. The van der Waals surface area contributed by atoms with Crippen LogP contribution in [0.15, 0.2) is 114 Å². The molecule has 5 aromatic rings. The van der Waals surface area contributed by atoms with Gasteiger partial charge in [0.2, 0.25) is 0 Å². The van der Waals surface area contributed by atoms with Crippen LogP contribution in [0.2, 0.25) is 0 Å². The second-order valence-electron chi connectivity index (χ2n) is 14.7. The van der Waals surface area contributed by atoms with Gasteiger partial charge in [0, 0.05) is 92.3 Å². The smallest absolute Gasteiger partial charge is 0.175 e. The fourth-order valence-electron chi connectivity index (χ4n) is 6.81. The van der Waals surface area contributed by atoms with Crippen LogP contribution in [0, 0.1) is 0 Å². The van der Waals surface area contributed by atoms with Crippen molar-refractivity contribution in [2.75, 3.05) is 89.2 Å². The molecular formula is C46H60N4O3. The molecule has 0 atom stereocenters. The summed E-state index contributed by atoms with van der Waals surface area (Å²) in [5.41, 5.74) is 6.41. The van der Waals surface area contributed by atoms with Crippen LogP contribution < -0.4 is 19.6 Å². The lowest BCUT2D eigenvalue weighted by molar-refractivity contribution is -0.0211. The Hall–Kier alpha value is -4.72. The fourth-order valence-corrected chi connectivity index (χ4v) is 6.81. The van der Waals surface area contributed by atoms with Crippen molar-refractivity contribution in [3.8, 4) is 0 Å². The van der Waals surface area contributed by atoms with Gasteiger partial charge in [-0.3, -0.25) is 0 Å². The molecule has 0 unspecified atom stereocenters. The molecule has 0 aliphatic carbocycles. The first kappa shape index (κ1) is 39.5. The molecule has 0 bridgehead atoms. The lowest BCUT2D eigenvalue weighted by Crippen LogP contribution is -2.34. The second-order valence-corrected chi connectivity index (χ2v) is 14.7. The van der Waals surface area contributed by atoms with Crippen molar-refractivity contribution in [1.82, 2.24) is 0 Å². The van der Waals surface area contributed by atoms with Crippen molar-refractivity contribution in [3.05, 3.63) is 143 Å². The van der Waals surface area contributed by atoms with Gasteiger partial charge in [-0.2, -0.15) is 0 Å². The Balaban J connectivity index is 1.81. The average Bonchev–Trinajstić information content (AvgIpc) is 3.66. The number of hydrogen-bond donors (Lipinski definition) is 0. The third-order valence-corrected chi connectivity index (χ3v) is 10.1. The molecule has 0 spiro atoms. The number of furan rings is 1. The zero-order chi connectivity index (χ0) is 38.2. The summed E-state index contributed by atoms with van der Waals surface area (Å²) in [6, 6.07) is 38.8. The minimum atomic E-state index is -1.03. The van der Waals surface area contributed by atoms with E-state index in [1.807, 2.05) is 0 Å². The summed E-state index contributed by atoms with van der Waals surface area (Å²) in [6.07, 6.45) is 3.86. The molecule has 0 saturated carbocycles. The molecule has 7 heteroatoms. The Labute approximate surface area is 318 Å². The lowest BCUT2D eigenvalue weighted by atomic mass is 9.83. The van der Waals surface area contributed by atoms with Gasteiger partial charge in [-0.15, -0.1) is 0 Å². The van der Waals surface area contributed by atoms with Gasteiger partial charge in [0.05, 0.1) is 0 Å². The van der Waals surface area contributed by atoms with Crippen molar-refractivity contribution in [2.24, 2.45) is 0 Å². The molecular weight excluding hydrogens is 657 g/mol. The molecule has 1 heterocycles. The van der Waals surface area contributed by atoms with Gasteiger partial charge >= 0.3 is 0 Å². The monoisotopic (exact) mass is 716 g/mol. The molecule has 0 N–H and O–H groups in total. The van der Waals surface area contributed by atoms with Gasteiger partial charge in [-0.25, -0.2) is 0 Å². The maximum atomic E-state index is 7.31. The van der Waals surface area contributed by atoms with E-state index in [0.29, 0.717) is 24.7 Å². The van der Waals surface area contributed by atoms with Gasteiger partial charge in [-0.05, 0) is 95.8 Å². The predicted octanol–water partition coefficient (Wildman–Crippen LogP) is 9.76. The van der Waals surface area contributed by atoms with Crippen molar-refractivity contribution in [3.63, 3.8) is 0 Å². The molecule has 0 aliphatic rings. The van der Waals surface area contributed by atoms with E-state index in [0.717, 1.165) is 70.7 Å². The number of unbranched alkanes of at least 4 members (excludes halogenated alkanes) is 2. The topological polar surface area (TPSA) is 44.6 Å². The maximum absolute atomic E-state index is 7.31. The Morgan fingerprint density at radius 3 is 0.849 bits per heavy atom. The highest BCUT2D eigenvalue weighted by Crippen LogP contribution is 2.47. The van der Waals surface area contributed by atoms with E-state index in [2.05, 4.69) is 199 Å². The molecule has 0 radical (unpaired) electrons. The Bertz CT molecular complexity index is 1600. The number of benzene rings is 4. The third kappa shape index (κ3) is 8.27. The van der Waals surface area contributed by atoms with Gasteiger partial charge in [0.15, 0.2) is 11.2 Å². The SMILES string of the molecule is CCCCOC(c1ccc(N(C)C)cc1)(c1ccc(N(C)C)cc1)c1ccc(C(OCCCC)(c2ccc(N(C)C)cc2)c2ccc(N(C)C)cc2)o1. The second kappa shape index (κ2) is 17.4. The standard InChI is InChI=1S/C46H60N4O3/c1-11-13-33-51-45(35-15-23-39(24-16-35)47(3)4,36-17-25-40(26-18-36)48(5)6)43-31-32-44(53-43)46(52-34-14-12-2,37-19-27-41(28-20-37)49(7)8)38-21-29-42(30-22-38)50(9)10/h15-32H,11-14,33-34H2,1-10H3. The number of nitrogens with zero attached hydrogens (tertiary/aromatic N) is 4. The highest BCUT2D eigenvalue weighted by molar-refractivity contribution is 5.57. The van der Waals surface area contributed by atoms with E-state index in [1.165, 1.54) is 0 Å². The molecule has 0 amide bonds. The fraction of sp³-hybridized carbons (Fsp3) is 0.391. The van der Waals surface area contributed by atoms with Crippen molar-refractivity contribution >= 4 is 22.7 Å². The summed E-state index contributed by atoms with van der Waals surface area (Å²) in [5.74, 6) is 1.41. The van der Waals surface area contributed by atoms with Gasteiger partial charge in [-0.1, -0.05) is 75.2 Å². The van der Waals surface area contributed by atoms with E-state index in [4.69, 9.17) is 13.9 Å². The average molecular weight is 717 g/mol. The first-order valence-electron chi connectivity index (χ1n) is 19.0. The number of ether oxygens (including phenoxy) is 2. The van der Waals surface area contributed by atoms with Crippen LogP contribution in [-0.4, -0.2) is 69.6 Å². The quantitative estimate of drug-likeness (QED) is 0.0837. The Morgan fingerprint density at radius 1 is 0.396 bits per heavy atom. The van der Waals surface area contributed by atoms with Crippen LogP contribution in [0.3, 0.4) is 0 Å². The molecule has 0 aliphatic heterocycles. The molecule has 0 saturated heterocycles. The molecule has 7 nitrogen and oxygen atoms in total. The summed E-state index contributed by atoms with van der Waals surface area (Å²) in [5, 5.41) is 0. The molecule has 4 aromatic carbocycles. The Kier molecular flexibility index (Phi) is 13.0. The summed E-state index contributed by atoms with van der Waals surface area (Å²) < 4.78 is 21.7. The normalized spacial score (nSPS) is 11.8. The zero-order valence-electron chi connectivity index (χ0n) is 33.6. The summed E-state index contributed by atoms with van der Waals surface area (Å²) in [6.45, 7) is 5.51. The maximum Gasteiger partial charge on any atom is 0.175 e.